The van der Waals surface area contributed by atoms with Gasteiger partial charge >= 0.3 is 0 Å². The van der Waals surface area contributed by atoms with Crippen molar-refractivity contribution in [2.45, 2.75) is 6.54 Å². The van der Waals surface area contributed by atoms with Crippen LogP contribution in [0.15, 0.2) is 39.3 Å². The van der Waals surface area contributed by atoms with E-state index in [4.69, 9.17) is 4.74 Å². The zero-order valence-electron chi connectivity index (χ0n) is 10.5. The molecule has 0 fully saturated rings. The second-order valence-corrected chi connectivity index (χ2v) is 5.79. The third-order valence-electron chi connectivity index (χ3n) is 2.76. The molecule has 0 aliphatic carbocycles. The van der Waals surface area contributed by atoms with E-state index in [0.29, 0.717) is 11.4 Å². The lowest BCUT2D eigenvalue weighted by molar-refractivity contribution is 0.416. The third kappa shape index (κ3) is 3.30. The summed E-state index contributed by atoms with van der Waals surface area (Å²) in [5.74, 6) is -0.595. The van der Waals surface area contributed by atoms with E-state index in [2.05, 4.69) is 37.2 Å². The van der Waals surface area contributed by atoms with Crippen molar-refractivity contribution < 1.29 is 13.5 Å². The Kier molecular flexibility index (Phi) is 4.99. The van der Waals surface area contributed by atoms with Crippen molar-refractivity contribution in [2.75, 3.05) is 12.4 Å². The second kappa shape index (κ2) is 6.54. The van der Waals surface area contributed by atoms with Crippen molar-refractivity contribution in [1.29, 1.82) is 0 Å². The Morgan fingerprint density at radius 3 is 2.60 bits per heavy atom. The van der Waals surface area contributed by atoms with E-state index in [1.54, 1.807) is 12.1 Å². The molecule has 6 heteroatoms. The number of halogens is 4. The molecule has 106 valence electrons. The Labute approximate surface area is 132 Å². The smallest absolute Gasteiger partial charge is 0.145 e. The van der Waals surface area contributed by atoms with Crippen molar-refractivity contribution in [3.63, 3.8) is 0 Å². The molecule has 0 saturated carbocycles. The summed E-state index contributed by atoms with van der Waals surface area (Å²) in [7, 11) is 1.54. The highest BCUT2D eigenvalue weighted by Crippen LogP contribution is 2.29. The molecule has 0 spiro atoms. The molecule has 20 heavy (non-hydrogen) atoms. The van der Waals surface area contributed by atoms with Crippen molar-refractivity contribution in [3.8, 4) is 5.75 Å². The minimum Gasteiger partial charge on any atom is -0.495 e. The monoisotopic (exact) mass is 405 g/mol. The first kappa shape index (κ1) is 15.3. The number of anilines is 1. The van der Waals surface area contributed by atoms with Crippen LogP contribution in [0.2, 0.25) is 0 Å². The topological polar surface area (TPSA) is 21.3 Å². The quantitative estimate of drug-likeness (QED) is 0.712. The zero-order valence-corrected chi connectivity index (χ0v) is 13.7. The second-order valence-electron chi connectivity index (χ2n) is 4.02. The number of hydrogen-bond acceptors (Lipinski definition) is 2. The summed E-state index contributed by atoms with van der Waals surface area (Å²) in [4.78, 5) is 0. The zero-order chi connectivity index (χ0) is 14.7. The van der Waals surface area contributed by atoms with Crippen molar-refractivity contribution in [2.24, 2.45) is 0 Å². The Balaban J connectivity index is 2.25. The lowest BCUT2D eigenvalue weighted by Gasteiger charge is -2.13. The van der Waals surface area contributed by atoms with Crippen LogP contribution in [0.1, 0.15) is 5.56 Å². The molecule has 0 aliphatic rings. The van der Waals surface area contributed by atoms with Gasteiger partial charge in [0.15, 0.2) is 0 Å². The maximum Gasteiger partial charge on any atom is 0.145 e. The van der Waals surface area contributed by atoms with Gasteiger partial charge in [-0.05, 0) is 46.3 Å². The Bertz CT molecular complexity index is 635. The van der Waals surface area contributed by atoms with Crippen molar-refractivity contribution in [1.82, 2.24) is 0 Å². The fraction of sp³-hybridized carbons (Fsp3) is 0.143. The fourth-order valence-electron chi connectivity index (χ4n) is 1.73. The van der Waals surface area contributed by atoms with Gasteiger partial charge in [-0.1, -0.05) is 15.9 Å². The van der Waals surface area contributed by atoms with E-state index in [1.807, 2.05) is 6.07 Å². The lowest BCUT2D eigenvalue weighted by atomic mass is 10.2. The molecule has 2 aromatic rings. The fourth-order valence-corrected chi connectivity index (χ4v) is 2.47. The largest absolute Gasteiger partial charge is 0.495 e. The van der Waals surface area contributed by atoms with Gasteiger partial charge < -0.3 is 10.1 Å². The molecule has 0 heterocycles. The summed E-state index contributed by atoms with van der Waals surface area (Å²) in [6.07, 6.45) is 0. The SMILES string of the molecule is COc1ccc(Br)cc1NCc1c(F)ccc(Br)c1F. The molecule has 0 bridgehead atoms. The normalized spacial score (nSPS) is 10.4. The maximum absolute atomic E-state index is 13.9. The van der Waals surface area contributed by atoms with Gasteiger partial charge in [0.2, 0.25) is 0 Å². The number of rotatable bonds is 4. The van der Waals surface area contributed by atoms with Crippen LogP contribution in [0.3, 0.4) is 0 Å². The van der Waals surface area contributed by atoms with Gasteiger partial charge in [-0.3, -0.25) is 0 Å². The van der Waals surface area contributed by atoms with Gasteiger partial charge in [-0.25, -0.2) is 8.78 Å². The molecule has 0 radical (unpaired) electrons. The van der Waals surface area contributed by atoms with E-state index in [0.717, 1.165) is 4.47 Å². The van der Waals surface area contributed by atoms with Crippen LogP contribution in [0.5, 0.6) is 5.75 Å². The van der Waals surface area contributed by atoms with Crippen LogP contribution < -0.4 is 10.1 Å². The number of nitrogens with one attached hydrogen (secondary N) is 1. The van der Waals surface area contributed by atoms with E-state index in [-0.39, 0.29) is 16.6 Å². The number of methoxy groups -OCH3 is 1. The van der Waals surface area contributed by atoms with Crippen LogP contribution >= 0.6 is 31.9 Å². The van der Waals surface area contributed by atoms with E-state index >= 15 is 0 Å². The van der Waals surface area contributed by atoms with Crippen molar-refractivity contribution >= 4 is 37.5 Å². The molecule has 2 aromatic carbocycles. The van der Waals surface area contributed by atoms with Gasteiger partial charge in [0, 0.05) is 16.6 Å². The molecule has 2 rings (SSSR count). The predicted molar refractivity (Wildman–Crippen MR) is 82.1 cm³/mol. The Morgan fingerprint density at radius 1 is 1.15 bits per heavy atom. The average molecular weight is 407 g/mol. The first-order valence-electron chi connectivity index (χ1n) is 5.72. The van der Waals surface area contributed by atoms with Gasteiger partial charge in [-0.15, -0.1) is 0 Å². The van der Waals surface area contributed by atoms with Crippen LogP contribution in [0.4, 0.5) is 14.5 Å². The van der Waals surface area contributed by atoms with E-state index in [9.17, 15) is 8.78 Å². The van der Waals surface area contributed by atoms with Gasteiger partial charge in [0.25, 0.3) is 0 Å². The third-order valence-corrected chi connectivity index (χ3v) is 3.86. The molecule has 0 saturated heterocycles. The van der Waals surface area contributed by atoms with Crippen LogP contribution in [0.25, 0.3) is 0 Å². The highest BCUT2D eigenvalue weighted by molar-refractivity contribution is 9.10. The molecule has 1 N–H and O–H groups in total. The highest BCUT2D eigenvalue weighted by Gasteiger charge is 2.13. The summed E-state index contributed by atoms with van der Waals surface area (Å²) < 4.78 is 33.8. The predicted octanol–water partition coefficient (Wildman–Crippen LogP) is 5.11. The minimum absolute atomic E-state index is 0.0178. The molecular formula is C14H11Br2F2NO. The average Bonchev–Trinajstić information content (AvgIpc) is 2.43. The van der Waals surface area contributed by atoms with E-state index in [1.165, 1.54) is 19.2 Å². The summed E-state index contributed by atoms with van der Waals surface area (Å²) in [5, 5.41) is 2.97. The van der Waals surface area contributed by atoms with Gasteiger partial charge in [0.1, 0.15) is 17.4 Å². The summed E-state index contributed by atoms with van der Waals surface area (Å²) in [6.45, 7) is 0.0178. The van der Waals surface area contributed by atoms with Gasteiger partial charge in [0.05, 0.1) is 17.3 Å². The van der Waals surface area contributed by atoms with Gasteiger partial charge in [-0.2, -0.15) is 0 Å². The summed E-state index contributed by atoms with van der Waals surface area (Å²) in [5.41, 5.74) is 0.627. The Morgan fingerprint density at radius 2 is 1.90 bits per heavy atom. The Hall–Kier alpha value is -1.14. The van der Waals surface area contributed by atoms with Crippen molar-refractivity contribution in [3.05, 3.63) is 56.5 Å². The maximum atomic E-state index is 13.9. The molecule has 0 amide bonds. The number of hydrogen-bond donors (Lipinski definition) is 1. The minimum atomic E-state index is -0.605. The first-order chi connectivity index (χ1) is 9.52. The summed E-state index contributed by atoms with van der Waals surface area (Å²) in [6, 6.07) is 7.94. The molecule has 0 atom stereocenters. The van der Waals surface area contributed by atoms with Crippen LogP contribution in [-0.2, 0) is 6.54 Å². The first-order valence-corrected chi connectivity index (χ1v) is 7.31. The molecule has 0 aromatic heterocycles. The lowest BCUT2D eigenvalue weighted by Crippen LogP contribution is -2.06. The number of ether oxygens (including phenoxy) is 1. The molecule has 2 nitrogen and oxygen atoms in total. The van der Waals surface area contributed by atoms with Crippen LogP contribution in [-0.4, -0.2) is 7.11 Å². The highest BCUT2D eigenvalue weighted by atomic mass is 79.9. The van der Waals surface area contributed by atoms with E-state index < -0.39 is 11.6 Å². The standard InChI is InChI=1S/C14H11Br2F2NO/c1-20-13-5-2-8(15)6-12(13)19-7-9-11(17)4-3-10(16)14(9)18/h2-6,19H,7H2,1H3. The molecule has 0 aliphatic heterocycles. The molecular weight excluding hydrogens is 396 g/mol. The number of benzene rings is 2. The summed E-state index contributed by atoms with van der Waals surface area (Å²) >= 11 is 6.39. The molecule has 0 unspecified atom stereocenters. The van der Waals surface area contributed by atoms with Crippen LogP contribution in [0, 0.1) is 11.6 Å².